The quantitative estimate of drug-likeness (QED) is 0.652. The summed E-state index contributed by atoms with van der Waals surface area (Å²) in [7, 11) is 0. The Morgan fingerprint density at radius 2 is 1.82 bits per heavy atom. The van der Waals surface area contributed by atoms with Crippen LogP contribution < -0.4 is 11.5 Å². The normalized spacial score (nSPS) is 13.9. The van der Waals surface area contributed by atoms with Gasteiger partial charge < -0.3 is 16.6 Å². The predicted molar refractivity (Wildman–Crippen MR) is 63.1 cm³/mol. The Kier molecular flexibility index (Phi) is 4.66. The molecular weight excluding hydrogens is 220 g/mol. The number of nitrogens with two attached hydrogens (primary N) is 2. The first-order valence-electron chi connectivity index (χ1n) is 5.32. The number of carboxylic acids is 1. The third-order valence-electron chi connectivity index (χ3n) is 2.58. The molecule has 0 saturated carbocycles. The highest BCUT2D eigenvalue weighted by Crippen LogP contribution is 2.13. The Labute approximate surface area is 99.4 Å². The van der Waals surface area contributed by atoms with Gasteiger partial charge in [-0.15, -0.1) is 0 Å². The van der Waals surface area contributed by atoms with Gasteiger partial charge in [-0.1, -0.05) is 30.3 Å². The maximum Gasteiger partial charge on any atom is 0.320 e. The van der Waals surface area contributed by atoms with Gasteiger partial charge in [0.25, 0.3) is 0 Å². The number of aliphatic carboxylic acids is 1. The number of hydrogen-bond acceptors (Lipinski definition) is 3. The van der Waals surface area contributed by atoms with E-state index in [4.69, 9.17) is 16.6 Å². The van der Waals surface area contributed by atoms with E-state index in [0.29, 0.717) is 6.42 Å². The molecule has 0 radical (unpaired) electrons. The predicted octanol–water partition coefficient (Wildman–Crippen LogP) is 0.133. The second kappa shape index (κ2) is 6.00. The number of carboxylic acid groups (broad SMARTS) is 1. The highest BCUT2D eigenvalue weighted by molar-refractivity contribution is 5.79. The van der Waals surface area contributed by atoms with Crippen LogP contribution in [0.15, 0.2) is 30.3 Å². The Bertz CT molecular complexity index is 392. The fourth-order valence-corrected chi connectivity index (χ4v) is 1.61. The van der Waals surface area contributed by atoms with E-state index in [-0.39, 0.29) is 6.42 Å². The third kappa shape index (κ3) is 4.24. The van der Waals surface area contributed by atoms with Crippen LogP contribution in [0.4, 0.5) is 0 Å². The van der Waals surface area contributed by atoms with Crippen molar-refractivity contribution in [3.05, 3.63) is 35.9 Å². The average Bonchev–Trinajstić information content (AvgIpc) is 2.29. The van der Waals surface area contributed by atoms with E-state index in [1.165, 1.54) is 0 Å². The monoisotopic (exact) mass is 236 g/mol. The smallest absolute Gasteiger partial charge is 0.320 e. The molecule has 1 unspecified atom stereocenters. The summed E-state index contributed by atoms with van der Waals surface area (Å²) in [6.07, 6.45) is 0.469. The lowest BCUT2D eigenvalue weighted by atomic mass is 9.92. The van der Waals surface area contributed by atoms with Crippen molar-refractivity contribution in [2.45, 2.75) is 18.9 Å². The molecule has 0 fully saturated rings. The van der Waals surface area contributed by atoms with E-state index >= 15 is 0 Å². The lowest BCUT2D eigenvalue weighted by Crippen LogP contribution is -2.37. The third-order valence-corrected chi connectivity index (χ3v) is 2.58. The molecule has 0 aliphatic carbocycles. The van der Waals surface area contributed by atoms with Crippen molar-refractivity contribution < 1.29 is 14.7 Å². The SMILES string of the molecule is NC(=O)C(Cc1ccccc1)C[C@H](N)C(=O)O. The van der Waals surface area contributed by atoms with Crippen molar-refractivity contribution >= 4 is 11.9 Å². The first kappa shape index (κ1) is 13.2. The molecule has 5 N–H and O–H groups in total. The molecule has 1 aromatic carbocycles. The average molecular weight is 236 g/mol. The van der Waals surface area contributed by atoms with Gasteiger partial charge in [0.1, 0.15) is 6.04 Å². The summed E-state index contributed by atoms with van der Waals surface area (Å²) in [5.41, 5.74) is 11.6. The van der Waals surface area contributed by atoms with Crippen LogP contribution in [0.5, 0.6) is 0 Å². The van der Waals surface area contributed by atoms with Crippen LogP contribution >= 0.6 is 0 Å². The lowest BCUT2D eigenvalue weighted by molar-refractivity contribution is -0.139. The minimum absolute atomic E-state index is 0.0551. The number of primary amides is 1. The van der Waals surface area contributed by atoms with Gasteiger partial charge in [0.2, 0.25) is 5.91 Å². The van der Waals surface area contributed by atoms with Gasteiger partial charge in [-0.3, -0.25) is 9.59 Å². The molecule has 0 aromatic heterocycles. The summed E-state index contributed by atoms with van der Waals surface area (Å²) >= 11 is 0. The minimum Gasteiger partial charge on any atom is -0.480 e. The number of benzene rings is 1. The van der Waals surface area contributed by atoms with E-state index in [2.05, 4.69) is 0 Å². The first-order chi connectivity index (χ1) is 8.00. The molecule has 1 aromatic rings. The van der Waals surface area contributed by atoms with Crippen molar-refractivity contribution in [2.24, 2.45) is 17.4 Å². The van der Waals surface area contributed by atoms with Crippen LogP contribution in [0, 0.1) is 5.92 Å². The van der Waals surface area contributed by atoms with Gasteiger partial charge >= 0.3 is 5.97 Å². The maximum absolute atomic E-state index is 11.2. The zero-order chi connectivity index (χ0) is 12.8. The summed E-state index contributed by atoms with van der Waals surface area (Å²) in [4.78, 5) is 21.9. The van der Waals surface area contributed by atoms with Crippen LogP contribution in [-0.2, 0) is 16.0 Å². The Balaban J connectivity index is 2.67. The molecule has 5 heteroatoms. The number of amides is 1. The Morgan fingerprint density at radius 3 is 2.29 bits per heavy atom. The van der Waals surface area contributed by atoms with Crippen molar-refractivity contribution in [3.63, 3.8) is 0 Å². The fraction of sp³-hybridized carbons (Fsp3) is 0.333. The molecule has 0 aliphatic rings. The largest absolute Gasteiger partial charge is 0.480 e. The molecule has 0 heterocycles. The molecule has 1 rings (SSSR count). The molecule has 92 valence electrons. The van der Waals surface area contributed by atoms with Crippen molar-refractivity contribution in [1.82, 2.24) is 0 Å². The maximum atomic E-state index is 11.2. The zero-order valence-electron chi connectivity index (χ0n) is 9.37. The summed E-state index contributed by atoms with van der Waals surface area (Å²) in [6.45, 7) is 0. The van der Waals surface area contributed by atoms with Gasteiger partial charge in [0, 0.05) is 5.92 Å². The zero-order valence-corrected chi connectivity index (χ0v) is 9.37. The lowest BCUT2D eigenvalue weighted by Gasteiger charge is -2.15. The molecule has 2 atom stereocenters. The molecule has 0 saturated heterocycles. The topological polar surface area (TPSA) is 106 Å². The van der Waals surface area contributed by atoms with Gasteiger partial charge in [-0.05, 0) is 18.4 Å². The van der Waals surface area contributed by atoms with Crippen LogP contribution in [0.2, 0.25) is 0 Å². The van der Waals surface area contributed by atoms with Crippen LogP contribution in [0.1, 0.15) is 12.0 Å². The van der Waals surface area contributed by atoms with Crippen LogP contribution in [0.3, 0.4) is 0 Å². The van der Waals surface area contributed by atoms with Crippen molar-refractivity contribution in [1.29, 1.82) is 0 Å². The molecular formula is C12H16N2O3. The van der Waals surface area contributed by atoms with Gasteiger partial charge in [0.05, 0.1) is 0 Å². The van der Waals surface area contributed by atoms with Gasteiger partial charge in [-0.25, -0.2) is 0 Å². The van der Waals surface area contributed by atoms with E-state index < -0.39 is 23.8 Å². The molecule has 1 amide bonds. The molecule has 0 aliphatic heterocycles. The molecule has 5 nitrogen and oxygen atoms in total. The van der Waals surface area contributed by atoms with Crippen molar-refractivity contribution in [2.75, 3.05) is 0 Å². The summed E-state index contributed by atoms with van der Waals surface area (Å²) in [6, 6.07) is 8.24. The summed E-state index contributed by atoms with van der Waals surface area (Å²) in [5, 5.41) is 8.70. The van der Waals surface area contributed by atoms with Crippen LogP contribution in [0.25, 0.3) is 0 Å². The molecule has 0 bridgehead atoms. The number of carbonyl (C=O) groups is 2. The van der Waals surface area contributed by atoms with E-state index in [9.17, 15) is 9.59 Å². The standard InChI is InChI=1S/C12H16N2O3/c13-10(12(16)17)7-9(11(14)15)6-8-4-2-1-3-5-8/h1-5,9-10H,6-7,13H2,(H2,14,15)(H,16,17)/t9?,10-/m0/s1. The second-order valence-electron chi connectivity index (χ2n) is 3.97. The van der Waals surface area contributed by atoms with E-state index in [0.717, 1.165) is 5.56 Å². The first-order valence-corrected chi connectivity index (χ1v) is 5.32. The fourth-order valence-electron chi connectivity index (χ4n) is 1.61. The summed E-state index contributed by atoms with van der Waals surface area (Å²) in [5.74, 6) is -2.20. The van der Waals surface area contributed by atoms with Crippen molar-refractivity contribution in [3.8, 4) is 0 Å². The Hall–Kier alpha value is -1.88. The Morgan fingerprint density at radius 1 is 1.24 bits per heavy atom. The van der Waals surface area contributed by atoms with E-state index in [1.807, 2.05) is 30.3 Å². The van der Waals surface area contributed by atoms with Gasteiger partial charge in [0.15, 0.2) is 0 Å². The highest BCUT2D eigenvalue weighted by Gasteiger charge is 2.23. The number of hydrogen-bond donors (Lipinski definition) is 3. The van der Waals surface area contributed by atoms with E-state index in [1.54, 1.807) is 0 Å². The summed E-state index contributed by atoms with van der Waals surface area (Å²) < 4.78 is 0. The number of carbonyl (C=O) groups excluding carboxylic acids is 1. The number of rotatable bonds is 6. The molecule has 17 heavy (non-hydrogen) atoms. The van der Waals surface area contributed by atoms with Gasteiger partial charge in [-0.2, -0.15) is 0 Å². The van der Waals surface area contributed by atoms with Crippen LogP contribution in [-0.4, -0.2) is 23.0 Å². The minimum atomic E-state index is -1.12. The molecule has 0 spiro atoms. The highest BCUT2D eigenvalue weighted by atomic mass is 16.4. The second-order valence-corrected chi connectivity index (χ2v) is 3.97.